The summed E-state index contributed by atoms with van der Waals surface area (Å²) in [5.74, 6) is 0. The number of hydrogen-bond acceptors (Lipinski definition) is 0. The van der Waals surface area contributed by atoms with Crippen molar-refractivity contribution in [2.24, 2.45) is 0 Å². The Morgan fingerprint density at radius 2 is 0.667 bits per heavy atom. The van der Waals surface area contributed by atoms with E-state index >= 15 is 0 Å². The molecule has 0 saturated heterocycles. The third kappa shape index (κ3) is 9.26. The molecule has 0 spiro atoms. The van der Waals surface area contributed by atoms with Gasteiger partial charge in [0, 0.05) is 0 Å². The standard InChI is InChI=1S/3C8H12P.2ClH.Ta/c3*1-5-6(2)8(4)9-7(5)3;;;/h3*1-4H3;2*1H;/q3*-1;;;+2/p-2. The molecule has 3 rings (SSSR count). The van der Waals surface area contributed by atoms with E-state index < -0.39 is 17.6 Å². The van der Waals surface area contributed by atoms with Crippen LogP contribution in [0.4, 0.5) is 0 Å². The Hall–Kier alpha value is 0.660. The van der Waals surface area contributed by atoms with E-state index in [2.05, 4.69) is 83.1 Å². The maximum atomic E-state index is 4.94. The molecule has 3 heterocycles. The van der Waals surface area contributed by atoms with Crippen LogP contribution in [0.5, 0.6) is 0 Å². The average molecular weight is 669 g/mol. The van der Waals surface area contributed by atoms with Crippen molar-refractivity contribution in [3.63, 3.8) is 0 Å². The molecule has 0 N–H and O–H groups in total. The first-order valence-corrected chi connectivity index (χ1v) is 20.6. The van der Waals surface area contributed by atoms with Crippen molar-refractivity contribution in [2.45, 2.75) is 83.1 Å². The number of halogens is 2. The van der Waals surface area contributed by atoms with E-state index in [1.807, 2.05) is 0 Å². The van der Waals surface area contributed by atoms with Crippen molar-refractivity contribution < 1.29 is 17.6 Å². The summed E-state index contributed by atoms with van der Waals surface area (Å²) in [6.07, 6.45) is 0. The van der Waals surface area contributed by atoms with Gasteiger partial charge < -0.3 is 0 Å². The van der Waals surface area contributed by atoms with Crippen LogP contribution in [0, 0.1) is 83.1 Å². The molecule has 0 atom stereocenters. The Balaban J connectivity index is 0.000000394. The minimum absolute atomic E-state index is 0.889. The van der Waals surface area contributed by atoms with Crippen LogP contribution >= 0.6 is 43.0 Å². The third-order valence-electron chi connectivity index (χ3n) is 5.95. The molecule has 3 aromatic rings. The molecule has 30 heavy (non-hydrogen) atoms. The molecule has 0 aliphatic heterocycles. The molecule has 0 saturated carbocycles. The van der Waals surface area contributed by atoms with Crippen LogP contribution in [-0.2, 0) is 17.6 Å². The van der Waals surface area contributed by atoms with Gasteiger partial charge in [-0.2, -0.15) is 49.3 Å². The van der Waals surface area contributed by atoms with Crippen LogP contribution in [0.3, 0.4) is 0 Å². The van der Waals surface area contributed by atoms with Crippen molar-refractivity contribution in [3.05, 3.63) is 65.2 Å². The zero-order valence-corrected chi connectivity index (χ0v) is 28.0. The Morgan fingerprint density at radius 1 is 0.500 bits per heavy atom. The fraction of sp³-hybridized carbons (Fsp3) is 0.500. The van der Waals surface area contributed by atoms with Gasteiger partial charge in [0.15, 0.2) is 0 Å². The molecule has 0 nitrogen and oxygen atoms in total. The van der Waals surface area contributed by atoms with Crippen LogP contribution in [-0.4, -0.2) is 0 Å². The predicted octanol–water partition coefficient (Wildman–Crippen LogP) is 11.0. The van der Waals surface area contributed by atoms with Gasteiger partial charge in [0.2, 0.25) is 0 Å². The second-order valence-electron chi connectivity index (χ2n) is 7.66. The van der Waals surface area contributed by atoms with Gasteiger partial charge in [-0.05, 0) is 0 Å². The fourth-order valence-electron chi connectivity index (χ4n) is 2.89. The van der Waals surface area contributed by atoms with Gasteiger partial charge in [-0.3, -0.25) is 0 Å². The Bertz CT molecular complexity index is 746. The van der Waals surface area contributed by atoms with E-state index in [9.17, 15) is 0 Å². The van der Waals surface area contributed by atoms with E-state index in [1.54, 1.807) is 0 Å². The van der Waals surface area contributed by atoms with Crippen LogP contribution in [0.1, 0.15) is 65.2 Å². The van der Waals surface area contributed by atoms with Crippen LogP contribution in [0.25, 0.3) is 0 Å². The zero-order valence-electron chi connectivity index (χ0n) is 20.5. The predicted molar refractivity (Wildman–Crippen MR) is 142 cm³/mol. The van der Waals surface area contributed by atoms with E-state index in [4.69, 9.17) is 18.4 Å². The molecule has 0 aromatic carbocycles. The van der Waals surface area contributed by atoms with E-state index in [0.717, 1.165) is 0 Å². The molecule has 0 bridgehead atoms. The van der Waals surface area contributed by atoms with Gasteiger partial charge in [0.05, 0.1) is 0 Å². The molecule has 0 amide bonds. The van der Waals surface area contributed by atoms with Gasteiger partial charge in [-0.15, -0.1) is 15.9 Å². The number of rotatable bonds is 0. The monoisotopic (exact) mass is 668 g/mol. The molecular formula is C24H36Cl2P3Ta-3. The Kier molecular flexibility index (Phi) is 15.1. The van der Waals surface area contributed by atoms with Crippen LogP contribution in [0.2, 0.25) is 0 Å². The van der Waals surface area contributed by atoms with Crippen LogP contribution in [0.15, 0.2) is 0 Å². The van der Waals surface area contributed by atoms with Gasteiger partial charge >= 0.3 is 36.0 Å². The van der Waals surface area contributed by atoms with E-state index in [1.165, 1.54) is 89.7 Å². The summed E-state index contributed by atoms with van der Waals surface area (Å²) < 4.78 is 0. The van der Waals surface area contributed by atoms with Crippen molar-refractivity contribution in [3.8, 4) is 0 Å². The second kappa shape index (κ2) is 14.7. The normalized spacial score (nSPS) is 10.5. The molecule has 6 heteroatoms. The second-order valence-corrected chi connectivity index (χ2v) is 17.0. The average Bonchev–Trinajstić information content (AvgIpc) is 3.14. The minimum atomic E-state index is -0.889. The fourth-order valence-corrected chi connectivity index (χ4v) is 6.41. The summed E-state index contributed by atoms with van der Waals surface area (Å²) in [7, 11) is 14.2. The van der Waals surface area contributed by atoms with Gasteiger partial charge in [-0.1, -0.05) is 83.1 Å². The quantitative estimate of drug-likeness (QED) is 0.209. The maximum absolute atomic E-state index is 4.94. The Labute approximate surface area is 207 Å². The summed E-state index contributed by atoms with van der Waals surface area (Å²) in [4.78, 5) is 0. The molecule has 3 aromatic heterocycles. The summed E-state index contributed by atoms with van der Waals surface area (Å²) in [5.41, 5.74) is 8.97. The zero-order chi connectivity index (χ0) is 23.8. The molecule has 169 valence electrons. The van der Waals surface area contributed by atoms with Crippen molar-refractivity contribution in [1.82, 2.24) is 0 Å². The first kappa shape index (κ1) is 30.7. The molecule has 0 aliphatic rings. The molecular weight excluding hydrogens is 633 g/mol. The third-order valence-corrected chi connectivity index (χ3v) is 9.97. The van der Waals surface area contributed by atoms with Gasteiger partial charge in [0.1, 0.15) is 0 Å². The molecule has 0 unspecified atom stereocenters. The van der Waals surface area contributed by atoms with Crippen molar-refractivity contribution in [2.75, 3.05) is 0 Å². The van der Waals surface area contributed by atoms with Gasteiger partial charge in [-0.25, -0.2) is 24.6 Å². The number of aryl methyl sites for hydroxylation is 6. The molecule has 0 radical (unpaired) electrons. The summed E-state index contributed by atoms with van der Waals surface area (Å²) in [6.45, 7) is 26.4. The topological polar surface area (TPSA) is 0 Å². The summed E-state index contributed by atoms with van der Waals surface area (Å²) in [5, 5.41) is 9.11. The van der Waals surface area contributed by atoms with E-state index in [0.29, 0.717) is 0 Å². The summed E-state index contributed by atoms with van der Waals surface area (Å²) >= 11 is -0.889. The first-order valence-electron chi connectivity index (χ1n) is 9.93. The molecule has 0 aliphatic carbocycles. The van der Waals surface area contributed by atoms with Crippen LogP contribution < -0.4 is 0 Å². The van der Waals surface area contributed by atoms with E-state index in [-0.39, 0.29) is 0 Å². The summed E-state index contributed by atoms with van der Waals surface area (Å²) in [6, 6.07) is 0. The van der Waals surface area contributed by atoms with Crippen molar-refractivity contribution >= 4 is 43.0 Å². The Morgan fingerprint density at radius 3 is 0.700 bits per heavy atom. The molecule has 0 fully saturated rings. The van der Waals surface area contributed by atoms with Crippen molar-refractivity contribution in [1.29, 1.82) is 0 Å². The number of hydrogen-bond donors (Lipinski definition) is 0. The SMILES string of the molecule is Cc1p[c-](C)c(C)c1C.Cc1p[c-](C)c(C)c1C.Cc1p[c-](C)c(C)c1C.[Cl][Ta][Cl]. The first-order chi connectivity index (χ1) is 13.8. The van der Waals surface area contributed by atoms with Gasteiger partial charge in [0.25, 0.3) is 0 Å².